The molecule has 8 nitrogen and oxygen atoms in total. The van der Waals surface area contributed by atoms with Crippen molar-refractivity contribution in [1.29, 1.82) is 0 Å². The number of nitrogens with zero attached hydrogens (tertiary/aromatic N) is 3. The summed E-state index contributed by atoms with van der Waals surface area (Å²) < 4.78 is 26.4. The zero-order chi connectivity index (χ0) is 20.9. The van der Waals surface area contributed by atoms with E-state index in [9.17, 15) is 23.6 Å². The summed E-state index contributed by atoms with van der Waals surface area (Å²) in [5, 5.41) is 22.7. The predicted octanol–water partition coefficient (Wildman–Crippen LogP) is 2.88. The average molecular weight is 404 g/mol. The molecule has 2 aromatic rings. The molecule has 0 aliphatic rings. The van der Waals surface area contributed by atoms with Crippen LogP contribution in [-0.2, 0) is 10.0 Å². The summed E-state index contributed by atoms with van der Waals surface area (Å²) in [6.07, 6.45) is 1.31. The average Bonchev–Trinajstić information content (AvgIpc) is 2.67. The van der Waals surface area contributed by atoms with E-state index in [0.717, 1.165) is 17.7 Å². The van der Waals surface area contributed by atoms with Crippen molar-refractivity contribution in [2.24, 2.45) is 4.99 Å². The molecular formula is C19H22N3O5S-. The molecule has 0 N–H and O–H groups in total. The van der Waals surface area contributed by atoms with Crippen LogP contribution >= 0.6 is 0 Å². The molecular weight excluding hydrogens is 382 g/mol. The van der Waals surface area contributed by atoms with Crippen molar-refractivity contribution in [3.05, 3.63) is 63.7 Å². The number of non-ortho nitro benzene ring substituents is 1. The lowest BCUT2D eigenvalue weighted by atomic mass is 10.1. The molecule has 0 radical (unpaired) electrons. The standard InChI is InChI=1S/C19H23N3O5S/c1-4-21(5-2)28(26,27)18-9-6-15(7-10-18)14(3)20-13-16-12-17(22(24)25)8-11-19(16)23/h6-14,23H,4-5H2,1-3H3/p-1/t14-/m0/s1. The molecule has 0 spiro atoms. The Morgan fingerprint density at radius 1 is 1.14 bits per heavy atom. The smallest absolute Gasteiger partial charge is 0.270 e. The molecule has 0 fully saturated rings. The van der Waals surface area contributed by atoms with Crippen LogP contribution in [0.25, 0.3) is 0 Å². The van der Waals surface area contributed by atoms with Gasteiger partial charge in [0, 0.05) is 31.4 Å². The summed E-state index contributed by atoms with van der Waals surface area (Å²) in [4.78, 5) is 14.7. The van der Waals surface area contributed by atoms with Crippen molar-refractivity contribution in [1.82, 2.24) is 4.31 Å². The van der Waals surface area contributed by atoms with Crippen molar-refractivity contribution in [2.75, 3.05) is 13.1 Å². The van der Waals surface area contributed by atoms with Gasteiger partial charge in [-0.1, -0.05) is 37.8 Å². The maximum atomic E-state index is 12.5. The second-order valence-corrected chi connectivity index (χ2v) is 8.03. The van der Waals surface area contributed by atoms with E-state index >= 15 is 0 Å². The highest BCUT2D eigenvalue weighted by Crippen LogP contribution is 2.23. The van der Waals surface area contributed by atoms with Crippen LogP contribution in [0.15, 0.2) is 52.4 Å². The molecule has 0 unspecified atom stereocenters. The van der Waals surface area contributed by atoms with Crippen LogP contribution in [0.5, 0.6) is 5.75 Å². The lowest BCUT2D eigenvalue weighted by molar-refractivity contribution is -0.385. The minimum atomic E-state index is -3.53. The summed E-state index contributed by atoms with van der Waals surface area (Å²) in [5.41, 5.74) is 0.703. The molecule has 1 atom stereocenters. The summed E-state index contributed by atoms with van der Waals surface area (Å²) in [7, 11) is -3.53. The van der Waals surface area contributed by atoms with E-state index in [0.29, 0.717) is 13.1 Å². The van der Waals surface area contributed by atoms with Gasteiger partial charge in [-0.15, -0.1) is 0 Å². The zero-order valence-corrected chi connectivity index (χ0v) is 16.7. The second-order valence-electron chi connectivity index (χ2n) is 6.09. The number of sulfonamides is 1. The third-order valence-electron chi connectivity index (χ3n) is 4.35. The second kappa shape index (κ2) is 8.94. The number of nitro groups is 1. The fraction of sp³-hybridized carbons (Fsp3) is 0.316. The highest BCUT2D eigenvalue weighted by atomic mass is 32.2. The summed E-state index contributed by atoms with van der Waals surface area (Å²) in [5.74, 6) is -0.359. The summed E-state index contributed by atoms with van der Waals surface area (Å²) >= 11 is 0. The van der Waals surface area contributed by atoms with E-state index in [1.54, 1.807) is 32.9 Å². The Labute approximate surface area is 164 Å². The summed E-state index contributed by atoms with van der Waals surface area (Å²) in [6, 6.07) is 9.51. The van der Waals surface area contributed by atoms with E-state index in [2.05, 4.69) is 4.99 Å². The zero-order valence-electron chi connectivity index (χ0n) is 15.9. The highest BCUT2D eigenvalue weighted by Gasteiger charge is 2.21. The van der Waals surface area contributed by atoms with Crippen LogP contribution in [0.4, 0.5) is 5.69 Å². The minimum absolute atomic E-state index is 0.127. The Bertz CT molecular complexity index is 968. The van der Waals surface area contributed by atoms with Crippen LogP contribution in [-0.4, -0.2) is 37.0 Å². The predicted molar refractivity (Wildman–Crippen MR) is 105 cm³/mol. The number of benzene rings is 2. The van der Waals surface area contributed by atoms with Gasteiger partial charge in [0.15, 0.2) is 0 Å². The third-order valence-corrected chi connectivity index (χ3v) is 6.41. The number of nitro benzene ring substituents is 1. The van der Waals surface area contributed by atoms with Gasteiger partial charge < -0.3 is 5.11 Å². The topological polar surface area (TPSA) is 116 Å². The molecule has 0 aliphatic heterocycles. The number of rotatable bonds is 8. The first kappa shape index (κ1) is 21.5. The molecule has 0 saturated heterocycles. The van der Waals surface area contributed by atoms with Crippen molar-refractivity contribution < 1.29 is 18.4 Å². The molecule has 0 saturated carbocycles. The third kappa shape index (κ3) is 4.73. The van der Waals surface area contributed by atoms with E-state index in [1.807, 2.05) is 0 Å². The fourth-order valence-corrected chi connectivity index (χ4v) is 4.12. The van der Waals surface area contributed by atoms with Gasteiger partial charge in [-0.3, -0.25) is 15.1 Å². The monoisotopic (exact) mass is 404 g/mol. The Hall–Kier alpha value is -2.78. The largest absolute Gasteiger partial charge is 0.872 e. The van der Waals surface area contributed by atoms with Gasteiger partial charge in [0.2, 0.25) is 10.0 Å². The van der Waals surface area contributed by atoms with Crippen LogP contribution in [0.1, 0.15) is 37.9 Å². The van der Waals surface area contributed by atoms with E-state index in [1.165, 1.54) is 28.7 Å². The van der Waals surface area contributed by atoms with Crippen LogP contribution in [0, 0.1) is 10.1 Å². The Balaban J connectivity index is 2.22. The molecule has 0 amide bonds. The first-order valence-corrected chi connectivity index (χ1v) is 10.2. The maximum Gasteiger partial charge on any atom is 0.270 e. The van der Waals surface area contributed by atoms with Crippen molar-refractivity contribution in [2.45, 2.75) is 31.7 Å². The van der Waals surface area contributed by atoms with Gasteiger partial charge >= 0.3 is 0 Å². The molecule has 2 rings (SSSR count). The molecule has 2 aromatic carbocycles. The minimum Gasteiger partial charge on any atom is -0.872 e. The van der Waals surface area contributed by atoms with Crippen molar-refractivity contribution in [3.63, 3.8) is 0 Å². The quantitative estimate of drug-likeness (QED) is 0.381. The van der Waals surface area contributed by atoms with Gasteiger partial charge in [-0.2, -0.15) is 4.31 Å². The Morgan fingerprint density at radius 2 is 1.75 bits per heavy atom. The first-order valence-electron chi connectivity index (χ1n) is 8.79. The van der Waals surface area contributed by atoms with Crippen molar-refractivity contribution in [3.8, 4) is 5.75 Å². The van der Waals surface area contributed by atoms with Crippen LogP contribution in [0.3, 0.4) is 0 Å². The SMILES string of the molecule is CCN(CC)S(=O)(=O)c1ccc([C@H](C)N=Cc2cc([N+](=O)[O-])ccc2[O-])cc1. The lowest BCUT2D eigenvalue weighted by Crippen LogP contribution is -2.30. The molecule has 28 heavy (non-hydrogen) atoms. The van der Waals surface area contributed by atoms with Crippen LogP contribution < -0.4 is 5.11 Å². The lowest BCUT2D eigenvalue weighted by Gasteiger charge is -2.18. The van der Waals surface area contributed by atoms with E-state index in [4.69, 9.17) is 0 Å². The molecule has 0 aromatic heterocycles. The molecule has 9 heteroatoms. The van der Waals surface area contributed by atoms with Gasteiger partial charge in [-0.05, 0) is 30.2 Å². The van der Waals surface area contributed by atoms with Crippen molar-refractivity contribution >= 4 is 21.9 Å². The molecule has 150 valence electrons. The number of hydrogen-bond donors (Lipinski definition) is 0. The van der Waals surface area contributed by atoms with Crippen LogP contribution in [0.2, 0.25) is 0 Å². The first-order chi connectivity index (χ1) is 13.2. The van der Waals surface area contributed by atoms with Gasteiger partial charge in [0.05, 0.1) is 15.9 Å². The van der Waals surface area contributed by atoms with E-state index in [-0.39, 0.29) is 27.9 Å². The fourth-order valence-electron chi connectivity index (χ4n) is 2.66. The molecule has 0 heterocycles. The van der Waals surface area contributed by atoms with Gasteiger partial charge in [0.25, 0.3) is 5.69 Å². The number of aliphatic imine (C=N–C) groups is 1. The summed E-state index contributed by atoms with van der Waals surface area (Å²) in [6.45, 7) is 6.13. The van der Waals surface area contributed by atoms with Gasteiger partial charge in [-0.25, -0.2) is 8.42 Å². The highest BCUT2D eigenvalue weighted by molar-refractivity contribution is 7.89. The normalized spacial score (nSPS) is 13.1. The molecule has 0 bridgehead atoms. The van der Waals surface area contributed by atoms with Gasteiger partial charge in [0.1, 0.15) is 0 Å². The van der Waals surface area contributed by atoms with E-state index < -0.39 is 14.9 Å². The number of hydrogen-bond acceptors (Lipinski definition) is 6. The maximum absolute atomic E-state index is 12.5. The molecule has 0 aliphatic carbocycles. The Morgan fingerprint density at radius 3 is 2.29 bits per heavy atom. The Kier molecular flexibility index (Phi) is 6.87.